The zero-order chi connectivity index (χ0) is 19.2. The van der Waals surface area contributed by atoms with Crippen LogP contribution >= 0.6 is 34.4 Å². The Morgan fingerprint density at radius 3 is 3.00 bits per heavy atom. The molecule has 2 aromatic heterocycles. The van der Waals surface area contributed by atoms with Gasteiger partial charge in [-0.2, -0.15) is 4.99 Å². The van der Waals surface area contributed by atoms with Crippen molar-refractivity contribution in [2.45, 2.75) is 13.5 Å². The van der Waals surface area contributed by atoms with E-state index in [2.05, 4.69) is 27.9 Å². The number of aromatic nitrogens is 2. The summed E-state index contributed by atoms with van der Waals surface area (Å²) in [7, 11) is 0. The molecule has 140 valence electrons. The van der Waals surface area contributed by atoms with Gasteiger partial charge in [-0.25, -0.2) is 4.98 Å². The van der Waals surface area contributed by atoms with Crippen molar-refractivity contribution in [1.82, 2.24) is 9.55 Å². The van der Waals surface area contributed by atoms with E-state index in [-0.39, 0.29) is 23.3 Å². The van der Waals surface area contributed by atoms with Crippen LogP contribution in [0.25, 0.3) is 10.2 Å². The first-order chi connectivity index (χ1) is 13.1. The molecule has 0 spiro atoms. The van der Waals surface area contributed by atoms with Gasteiger partial charge in [-0.15, -0.1) is 29.7 Å². The van der Waals surface area contributed by atoms with Gasteiger partial charge in [0.25, 0.3) is 5.91 Å². The van der Waals surface area contributed by atoms with E-state index in [1.807, 2.05) is 23.6 Å². The Kier molecular flexibility index (Phi) is 6.59. The molecule has 3 aromatic rings. The summed E-state index contributed by atoms with van der Waals surface area (Å²) < 4.78 is 3.06. The van der Waals surface area contributed by atoms with Crippen LogP contribution in [0.1, 0.15) is 5.56 Å². The monoisotopic (exact) mass is 418 g/mol. The molecule has 0 saturated carbocycles. The number of amides is 2. The van der Waals surface area contributed by atoms with Crippen molar-refractivity contribution in [3.05, 3.63) is 52.8 Å². The first kappa shape index (κ1) is 19.5. The smallest absolute Gasteiger partial charge is 0.258 e. The normalized spacial score (nSPS) is 11.7. The van der Waals surface area contributed by atoms with Crippen LogP contribution < -0.4 is 10.1 Å². The molecule has 9 heteroatoms. The maximum absolute atomic E-state index is 12.2. The van der Waals surface area contributed by atoms with E-state index < -0.39 is 0 Å². The van der Waals surface area contributed by atoms with Crippen LogP contribution in [0.5, 0.6) is 0 Å². The minimum atomic E-state index is -0.261. The van der Waals surface area contributed by atoms with Gasteiger partial charge in [0.05, 0.1) is 21.7 Å². The van der Waals surface area contributed by atoms with Crippen LogP contribution in [0.15, 0.2) is 47.4 Å². The van der Waals surface area contributed by atoms with Crippen LogP contribution in [0.3, 0.4) is 0 Å². The summed E-state index contributed by atoms with van der Waals surface area (Å²) in [5, 5.41) is 5.03. The minimum absolute atomic E-state index is 0.145. The Morgan fingerprint density at radius 1 is 1.41 bits per heavy atom. The number of nitrogens with one attached hydrogen (secondary N) is 1. The second-order valence-corrected chi connectivity index (χ2v) is 8.53. The number of thioether (sulfide) groups is 1. The molecule has 3 rings (SSSR count). The fraction of sp³-hybridized carbons (Fsp3) is 0.222. The van der Waals surface area contributed by atoms with Gasteiger partial charge in [-0.05, 0) is 24.6 Å². The lowest BCUT2D eigenvalue weighted by Crippen LogP contribution is -2.18. The third-order valence-electron chi connectivity index (χ3n) is 3.51. The van der Waals surface area contributed by atoms with Gasteiger partial charge in [0.15, 0.2) is 9.93 Å². The topological polar surface area (TPSA) is 76.3 Å². The molecule has 1 N–H and O–H groups in total. The van der Waals surface area contributed by atoms with Gasteiger partial charge in [0.2, 0.25) is 5.91 Å². The highest BCUT2D eigenvalue weighted by molar-refractivity contribution is 8.00. The van der Waals surface area contributed by atoms with Gasteiger partial charge in [-0.3, -0.25) is 9.59 Å². The first-order valence-corrected chi connectivity index (χ1v) is 11.0. The van der Waals surface area contributed by atoms with Crippen LogP contribution in [0, 0.1) is 6.92 Å². The van der Waals surface area contributed by atoms with Crippen molar-refractivity contribution < 1.29 is 9.59 Å². The van der Waals surface area contributed by atoms with Crippen LogP contribution in [0.2, 0.25) is 0 Å². The summed E-state index contributed by atoms with van der Waals surface area (Å²) in [4.78, 5) is 33.0. The number of fused-ring (bicyclic) bond motifs is 1. The van der Waals surface area contributed by atoms with Gasteiger partial charge >= 0.3 is 0 Å². The molecule has 0 aliphatic heterocycles. The molecule has 0 unspecified atom stereocenters. The number of aryl methyl sites for hydroxylation is 1. The number of benzene rings is 1. The number of rotatable bonds is 7. The van der Waals surface area contributed by atoms with Crippen LogP contribution in [0.4, 0.5) is 5.13 Å². The molecule has 0 bridgehead atoms. The van der Waals surface area contributed by atoms with Gasteiger partial charge in [-0.1, -0.05) is 23.5 Å². The Hall–Kier alpha value is -2.23. The summed E-state index contributed by atoms with van der Waals surface area (Å²) in [5.74, 6) is -0.115. The highest BCUT2D eigenvalue weighted by Gasteiger charge is 2.09. The predicted octanol–water partition coefficient (Wildman–Crippen LogP) is 3.45. The zero-order valence-electron chi connectivity index (χ0n) is 14.7. The molecule has 2 heterocycles. The number of hydrogen-bond donors (Lipinski definition) is 1. The molecule has 6 nitrogen and oxygen atoms in total. The molecule has 1 aromatic carbocycles. The molecular formula is C18H18N4O2S3. The first-order valence-electron chi connectivity index (χ1n) is 8.12. The summed E-state index contributed by atoms with van der Waals surface area (Å²) in [6, 6.07) is 6.16. The maximum Gasteiger partial charge on any atom is 0.258 e. The number of allylic oxidation sites excluding steroid dienone is 1. The quantitative estimate of drug-likeness (QED) is 0.596. The van der Waals surface area contributed by atoms with E-state index in [4.69, 9.17) is 0 Å². The van der Waals surface area contributed by atoms with E-state index in [1.165, 1.54) is 34.4 Å². The van der Waals surface area contributed by atoms with Crippen molar-refractivity contribution in [1.29, 1.82) is 0 Å². The third kappa shape index (κ3) is 5.15. The van der Waals surface area contributed by atoms with Crippen molar-refractivity contribution in [2.75, 3.05) is 16.8 Å². The van der Waals surface area contributed by atoms with Crippen LogP contribution in [-0.2, 0) is 16.1 Å². The third-order valence-corrected chi connectivity index (χ3v) is 6.15. The van der Waals surface area contributed by atoms with Crippen molar-refractivity contribution >= 4 is 61.6 Å². The second-order valence-electron chi connectivity index (χ2n) is 5.64. The lowest BCUT2D eigenvalue weighted by molar-refractivity contribution is -0.115. The minimum Gasteiger partial charge on any atom is -0.313 e. The molecule has 27 heavy (non-hydrogen) atoms. The number of anilines is 1. The number of hydrogen-bond acceptors (Lipinski definition) is 6. The fourth-order valence-electron chi connectivity index (χ4n) is 2.38. The van der Waals surface area contributed by atoms with Crippen molar-refractivity contribution in [3.8, 4) is 0 Å². The number of thiazole rings is 2. The van der Waals surface area contributed by atoms with Gasteiger partial charge in [0, 0.05) is 18.1 Å². The Balaban J connectivity index is 1.66. The average Bonchev–Trinajstić information content (AvgIpc) is 3.23. The molecular weight excluding hydrogens is 400 g/mol. The molecule has 0 aliphatic rings. The number of carbonyl (C=O) groups excluding carboxylic acids is 2. The van der Waals surface area contributed by atoms with Gasteiger partial charge < -0.3 is 9.88 Å². The lowest BCUT2D eigenvalue weighted by Gasteiger charge is -2.01. The highest BCUT2D eigenvalue weighted by atomic mass is 32.2. The zero-order valence-corrected chi connectivity index (χ0v) is 17.1. The van der Waals surface area contributed by atoms with Gasteiger partial charge in [0.1, 0.15) is 0 Å². The summed E-state index contributed by atoms with van der Waals surface area (Å²) in [6.07, 6.45) is 3.41. The second kappa shape index (κ2) is 9.12. The molecule has 0 radical (unpaired) electrons. The Labute approximate surface area is 168 Å². The Bertz CT molecular complexity index is 1030. The largest absolute Gasteiger partial charge is 0.313 e. The fourth-order valence-corrected chi connectivity index (χ4v) is 4.68. The maximum atomic E-state index is 12.2. The van der Waals surface area contributed by atoms with E-state index in [1.54, 1.807) is 17.7 Å². The number of nitrogens with zero attached hydrogens (tertiary/aromatic N) is 3. The van der Waals surface area contributed by atoms with Crippen molar-refractivity contribution in [2.24, 2.45) is 4.99 Å². The summed E-state index contributed by atoms with van der Waals surface area (Å²) in [5.41, 5.74) is 2.20. The van der Waals surface area contributed by atoms with E-state index in [0.29, 0.717) is 16.5 Å². The number of carbonyl (C=O) groups is 2. The predicted molar refractivity (Wildman–Crippen MR) is 113 cm³/mol. The van der Waals surface area contributed by atoms with E-state index in [9.17, 15) is 9.59 Å². The SMILES string of the molecule is C=CCn1c(=NC(=O)CSCC(=O)Nc2nccs2)sc2cc(C)ccc21. The van der Waals surface area contributed by atoms with E-state index in [0.717, 1.165) is 15.8 Å². The molecule has 0 aliphatic carbocycles. The Morgan fingerprint density at radius 2 is 2.26 bits per heavy atom. The summed E-state index contributed by atoms with van der Waals surface area (Å²) >= 11 is 4.07. The highest BCUT2D eigenvalue weighted by Crippen LogP contribution is 2.19. The molecule has 2 amide bonds. The molecule has 0 atom stereocenters. The van der Waals surface area contributed by atoms with Crippen LogP contribution in [-0.4, -0.2) is 32.9 Å². The average molecular weight is 419 g/mol. The standard InChI is InChI=1S/C18H18N4O2S3/c1-3-7-22-13-5-4-12(2)9-14(13)27-18(22)21-16(24)11-25-10-15(23)20-17-19-6-8-26-17/h3-6,8-9H,1,7,10-11H2,2H3,(H,19,20,23). The van der Waals surface area contributed by atoms with Crippen molar-refractivity contribution in [3.63, 3.8) is 0 Å². The summed E-state index contributed by atoms with van der Waals surface area (Å²) in [6.45, 7) is 6.40. The molecule has 0 fully saturated rings. The van der Waals surface area contributed by atoms with E-state index >= 15 is 0 Å². The lowest BCUT2D eigenvalue weighted by atomic mass is 10.2. The molecule has 0 saturated heterocycles.